The number of nitrogens with one attached hydrogen (secondary N) is 1. The van der Waals surface area contributed by atoms with Crippen LogP contribution in [0, 0.1) is 0 Å². The third-order valence-corrected chi connectivity index (χ3v) is 4.20. The quantitative estimate of drug-likeness (QED) is 0.822. The van der Waals surface area contributed by atoms with Crippen LogP contribution in [-0.4, -0.2) is 14.0 Å². The van der Waals surface area contributed by atoms with Gasteiger partial charge in [0.1, 0.15) is 0 Å². The van der Waals surface area contributed by atoms with Crippen LogP contribution in [0.25, 0.3) is 0 Å². The summed E-state index contributed by atoms with van der Waals surface area (Å²) in [5.74, 6) is 0. The van der Waals surface area contributed by atoms with E-state index in [9.17, 15) is 8.42 Å². The maximum Gasteiger partial charge on any atom is 0.241 e. The monoisotopic (exact) mass is 306 g/mol. The maximum absolute atomic E-state index is 11.9. The second-order valence-electron chi connectivity index (χ2n) is 4.54. The predicted octanol–water partition coefficient (Wildman–Crippen LogP) is 2.11. The van der Waals surface area contributed by atoms with Gasteiger partial charge in [0.25, 0.3) is 0 Å². The molecule has 0 aromatic heterocycles. The van der Waals surface area contributed by atoms with Crippen molar-refractivity contribution in [2.24, 2.45) is 0 Å². The molecule has 0 radical (unpaired) electrons. The summed E-state index contributed by atoms with van der Waals surface area (Å²) in [6.07, 6.45) is 0. The van der Waals surface area contributed by atoms with E-state index < -0.39 is 15.6 Å². The Morgan fingerprint density at radius 1 is 1.31 bits per heavy atom. The first-order chi connectivity index (χ1) is 7.12. The highest BCUT2D eigenvalue weighted by molar-refractivity contribution is 9.10. The van der Waals surface area contributed by atoms with Crippen molar-refractivity contribution in [2.75, 3.05) is 5.73 Å². The predicted molar refractivity (Wildman–Crippen MR) is 68.6 cm³/mol. The highest BCUT2D eigenvalue weighted by Crippen LogP contribution is 2.23. The minimum atomic E-state index is -3.51. The summed E-state index contributed by atoms with van der Waals surface area (Å²) in [4.78, 5) is 0.170. The highest BCUT2D eigenvalue weighted by atomic mass is 79.9. The molecule has 1 rings (SSSR count). The molecule has 0 amide bonds. The first kappa shape index (κ1) is 13.5. The van der Waals surface area contributed by atoms with Crippen LogP contribution in [0.2, 0.25) is 0 Å². The topological polar surface area (TPSA) is 72.2 Å². The number of rotatable bonds is 2. The van der Waals surface area contributed by atoms with Crippen molar-refractivity contribution >= 4 is 31.6 Å². The van der Waals surface area contributed by atoms with Gasteiger partial charge in [0, 0.05) is 15.7 Å². The summed E-state index contributed by atoms with van der Waals surface area (Å²) in [7, 11) is -3.51. The third-order valence-electron chi connectivity index (χ3n) is 1.72. The van der Waals surface area contributed by atoms with E-state index in [1.54, 1.807) is 26.8 Å². The van der Waals surface area contributed by atoms with Gasteiger partial charge in [-0.15, -0.1) is 0 Å². The van der Waals surface area contributed by atoms with Gasteiger partial charge in [-0.2, -0.15) is 0 Å². The van der Waals surface area contributed by atoms with Gasteiger partial charge >= 0.3 is 0 Å². The zero-order valence-electron chi connectivity index (χ0n) is 9.41. The standard InChI is InChI=1S/C10H15BrN2O2S/c1-10(2,3)13-16(14,15)7-4-5-8(11)9(12)6-7/h4-6,13H,12H2,1-3H3. The molecule has 6 heteroatoms. The SMILES string of the molecule is CC(C)(C)NS(=O)(=O)c1ccc(Br)c(N)c1. The zero-order chi connectivity index (χ0) is 12.6. The normalized spacial score (nSPS) is 12.8. The Kier molecular flexibility index (Phi) is 3.66. The summed E-state index contributed by atoms with van der Waals surface area (Å²) in [5, 5.41) is 0. The van der Waals surface area contributed by atoms with Gasteiger partial charge in [0.2, 0.25) is 10.0 Å². The Morgan fingerprint density at radius 2 is 1.88 bits per heavy atom. The number of nitrogen functional groups attached to an aromatic ring is 1. The molecule has 0 atom stereocenters. The summed E-state index contributed by atoms with van der Waals surface area (Å²) in [6, 6.07) is 4.55. The summed E-state index contributed by atoms with van der Waals surface area (Å²) < 4.78 is 27.1. The van der Waals surface area contributed by atoms with Crippen LogP contribution in [0.3, 0.4) is 0 Å². The van der Waals surface area contributed by atoms with Crippen LogP contribution in [0.15, 0.2) is 27.6 Å². The average molecular weight is 307 g/mol. The van der Waals surface area contributed by atoms with Gasteiger partial charge < -0.3 is 5.73 Å². The fraction of sp³-hybridized carbons (Fsp3) is 0.400. The molecule has 90 valence electrons. The lowest BCUT2D eigenvalue weighted by Crippen LogP contribution is -2.40. The minimum absolute atomic E-state index is 0.170. The number of nitrogens with two attached hydrogens (primary N) is 1. The van der Waals surface area contributed by atoms with E-state index in [4.69, 9.17) is 5.73 Å². The maximum atomic E-state index is 11.9. The van der Waals surface area contributed by atoms with Crippen molar-refractivity contribution in [3.05, 3.63) is 22.7 Å². The van der Waals surface area contributed by atoms with E-state index in [1.807, 2.05) is 0 Å². The molecule has 0 fully saturated rings. The van der Waals surface area contributed by atoms with Crippen molar-refractivity contribution in [1.29, 1.82) is 0 Å². The van der Waals surface area contributed by atoms with E-state index in [0.29, 0.717) is 10.2 Å². The Bertz CT molecular complexity index is 492. The number of sulfonamides is 1. The van der Waals surface area contributed by atoms with E-state index in [-0.39, 0.29) is 4.90 Å². The number of halogens is 1. The molecule has 16 heavy (non-hydrogen) atoms. The number of benzene rings is 1. The Labute approximate surface area is 104 Å². The Balaban J connectivity index is 3.13. The lowest BCUT2D eigenvalue weighted by Gasteiger charge is -2.20. The lowest BCUT2D eigenvalue weighted by atomic mass is 10.1. The van der Waals surface area contributed by atoms with E-state index >= 15 is 0 Å². The molecule has 0 spiro atoms. The molecule has 0 unspecified atom stereocenters. The zero-order valence-corrected chi connectivity index (χ0v) is 11.8. The summed E-state index contributed by atoms with van der Waals surface area (Å²) >= 11 is 3.22. The smallest absolute Gasteiger partial charge is 0.241 e. The second-order valence-corrected chi connectivity index (χ2v) is 7.08. The van der Waals surface area contributed by atoms with E-state index in [2.05, 4.69) is 20.7 Å². The van der Waals surface area contributed by atoms with Crippen LogP contribution in [-0.2, 0) is 10.0 Å². The first-order valence-corrected chi connectivity index (χ1v) is 6.98. The van der Waals surface area contributed by atoms with Gasteiger partial charge in [0.15, 0.2) is 0 Å². The lowest BCUT2D eigenvalue weighted by molar-refractivity contribution is 0.491. The van der Waals surface area contributed by atoms with Crippen molar-refractivity contribution < 1.29 is 8.42 Å². The molecular formula is C10H15BrN2O2S. The molecular weight excluding hydrogens is 292 g/mol. The van der Waals surface area contributed by atoms with Gasteiger partial charge in [-0.05, 0) is 54.9 Å². The van der Waals surface area contributed by atoms with Crippen molar-refractivity contribution in [3.63, 3.8) is 0 Å². The molecule has 0 heterocycles. The molecule has 0 saturated heterocycles. The number of anilines is 1. The van der Waals surface area contributed by atoms with Crippen LogP contribution in [0.1, 0.15) is 20.8 Å². The van der Waals surface area contributed by atoms with E-state index in [0.717, 1.165) is 0 Å². The fourth-order valence-corrected chi connectivity index (χ4v) is 2.85. The van der Waals surface area contributed by atoms with Gasteiger partial charge in [-0.1, -0.05) is 0 Å². The number of hydrogen-bond donors (Lipinski definition) is 2. The molecule has 4 nitrogen and oxygen atoms in total. The number of hydrogen-bond acceptors (Lipinski definition) is 3. The second kappa shape index (κ2) is 4.35. The third kappa shape index (κ3) is 3.47. The fourth-order valence-electron chi connectivity index (χ4n) is 1.15. The van der Waals surface area contributed by atoms with Crippen LogP contribution in [0.5, 0.6) is 0 Å². The Morgan fingerprint density at radius 3 is 2.31 bits per heavy atom. The largest absolute Gasteiger partial charge is 0.398 e. The van der Waals surface area contributed by atoms with E-state index in [1.165, 1.54) is 12.1 Å². The van der Waals surface area contributed by atoms with Crippen molar-refractivity contribution in [3.8, 4) is 0 Å². The Hall–Kier alpha value is -0.590. The summed E-state index contributed by atoms with van der Waals surface area (Å²) in [5.41, 5.74) is 5.53. The first-order valence-electron chi connectivity index (χ1n) is 4.71. The van der Waals surface area contributed by atoms with Crippen molar-refractivity contribution in [1.82, 2.24) is 4.72 Å². The molecule has 0 bridgehead atoms. The van der Waals surface area contributed by atoms with Crippen LogP contribution >= 0.6 is 15.9 Å². The minimum Gasteiger partial charge on any atom is -0.398 e. The molecule has 0 aliphatic heterocycles. The highest BCUT2D eigenvalue weighted by Gasteiger charge is 2.22. The molecule has 0 aliphatic carbocycles. The van der Waals surface area contributed by atoms with Gasteiger partial charge in [0.05, 0.1) is 4.90 Å². The molecule has 1 aromatic rings. The molecule has 3 N–H and O–H groups in total. The van der Waals surface area contributed by atoms with Crippen LogP contribution in [0.4, 0.5) is 5.69 Å². The molecule has 0 aliphatic rings. The average Bonchev–Trinajstić information content (AvgIpc) is 2.05. The van der Waals surface area contributed by atoms with Crippen molar-refractivity contribution in [2.45, 2.75) is 31.2 Å². The summed E-state index contributed by atoms with van der Waals surface area (Å²) in [6.45, 7) is 5.35. The molecule has 1 aromatic carbocycles. The molecule has 0 saturated carbocycles. The van der Waals surface area contributed by atoms with Gasteiger partial charge in [-0.3, -0.25) is 0 Å². The van der Waals surface area contributed by atoms with Crippen LogP contribution < -0.4 is 10.5 Å². The van der Waals surface area contributed by atoms with Gasteiger partial charge in [-0.25, -0.2) is 13.1 Å².